The van der Waals surface area contributed by atoms with E-state index in [9.17, 15) is 8.78 Å². The van der Waals surface area contributed by atoms with Crippen molar-refractivity contribution in [2.24, 2.45) is 7.05 Å². The van der Waals surface area contributed by atoms with E-state index in [2.05, 4.69) is 20.9 Å². The van der Waals surface area contributed by atoms with Crippen LogP contribution in [-0.2, 0) is 7.05 Å². The first kappa shape index (κ1) is 11.1. The average molecular weight is 288 g/mol. The van der Waals surface area contributed by atoms with Gasteiger partial charge < -0.3 is 10.3 Å². The lowest BCUT2D eigenvalue weighted by Crippen LogP contribution is -1.99. The first-order valence-corrected chi connectivity index (χ1v) is 5.23. The minimum Gasteiger partial charge on any atom is -0.369 e. The van der Waals surface area contributed by atoms with Crippen molar-refractivity contribution in [1.82, 2.24) is 9.55 Å². The standard InChI is InChI=1S/C10H8BrF2N3/c1-16-8(9(11)15-10(16)14)6-4-5(12)2-3-7(6)13/h2-4H,1H3,(H2,14,15). The fourth-order valence-electron chi connectivity index (χ4n) is 1.45. The minimum atomic E-state index is -0.523. The molecule has 1 heterocycles. The monoisotopic (exact) mass is 287 g/mol. The first-order valence-electron chi connectivity index (χ1n) is 4.44. The van der Waals surface area contributed by atoms with Crippen LogP contribution in [0.15, 0.2) is 22.8 Å². The second kappa shape index (κ2) is 3.86. The maximum absolute atomic E-state index is 13.6. The summed E-state index contributed by atoms with van der Waals surface area (Å²) in [5, 5.41) is 0. The summed E-state index contributed by atoms with van der Waals surface area (Å²) in [5.41, 5.74) is 6.11. The maximum Gasteiger partial charge on any atom is 0.201 e. The average Bonchev–Trinajstić information content (AvgIpc) is 2.46. The highest BCUT2D eigenvalue weighted by molar-refractivity contribution is 9.10. The molecule has 0 fully saturated rings. The molecule has 0 atom stereocenters. The Morgan fingerprint density at radius 2 is 2.06 bits per heavy atom. The lowest BCUT2D eigenvalue weighted by molar-refractivity contribution is 0.602. The van der Waals surface area contributed by atoms with Crippen LogP contribution in [0.3, 0.4) is 0 Å². The zero-order chi connectivity index (χ0) is 11.9. The number of hydrogen-bond acceptors (Lipinski definition) is 2. The molecule has 0 aliphatic heterocycles. The van der Waals surface area contributed by atoms with Gasteiger partial charge in [0.2, 0.25) is 5.95 Å². The van der Waals surface area contributed by atoms with Gasteiger partial charge in [0.25, 0.3) is 0 Å². The number of imidazole rings is 1. The van der Waals surface area contributed by atoms with Crippen LogP contribution < -0.4 is 5.73 Å². The van der Waals surface area contributed by atoms with Crippen LogP contribution in [-0.4, -0.2) is 9.55 Å². The molecule has 0 saturated heterocycles. The Bertz CT molecular complexity index is 551. The van der Waals surface area contributed by atoms with Crippen LogP contribution in [0.5, 0.6) is 0 Å². The van der Waals surface area contributed by atoms with Gasteiger partial charge >= 0.3 is 0 Å². The van der Waals surface area contributed by atoms with Gasteiger partial charge in [-0.3, -0.25) is 0 Å². The van der Waals surface area contributed by atoms with Gasteiger partial charge in [0.05, 0.1) is 5.69 Å². The number of benzene rings is 1. The highest BCUT2D eigenvalue weighted by atomic mass is 79.9. The molecule has 1 aromatic heterocycles. The van der Waals surface area contributed by atoms with Gasteiger partial charge in [-0.2, -0.15) is 0 Å². The van der Waals surface area contributed by atoms with E-state index in [1.807, 2.05) is 0 Å². The van der Waals surface area contributed by atoms with Crippen LogP contribution in [0.25, 0.3) is 11.3 Å². The Hall–Kier alpha value is -1.43. The highest BCUT2D eigenvalue weighted by Gasteiger charge is 2.16. The predicted octanol–water partition coefficient (Wildman–Crippen LogP) is 2.71. The normalized spacial score (nSPS) is 10.8. The smallest absolute Gasteiger partial charge is 0.201 e. The number of hydrogen-bond donors (Lipinski definition) is 1. The molecule has 0 unspecified atom stereocenters. The largest absolute Gasteiger partial charge is 0.369 e. The van der Waals surface area contributed by atoms with E-state index in [0.29, 0.717) is 10.3 Å². The Morgan fingerprint density at radius 3 is 2.62 bits per heavy atom. The zero-order valence-corrected chi connectivity index (χ0v) is 9.92. The molecule has 16 heavy (non-hydrogen) atoms. The highest BCUT2D eigenvalue weighted by Crippen LogP contribution is 2.31. The van der Waals surface area contributed by atoms with E-state index in [1.54, 1.807) is 7.05 Å². The SMILES string of the molecule is Cn1c(N)nc(Br)c1-c1cc(F)ccc1F. The summed E-state index contributed by atoms with van der Waals surface area (Å²) < 4.78 is 28.5. The molecule has 0 spiro atoms. The Labute approximate surface area is 99.0 Å². The molecule has 0 aliphatic rings. The lowest BCUT2D eigenvalue weighted by Gasteiger charge is -2.05. The number of anilines is 1. The van der Waals surface area contributed by atoms with Crippen molar-refractivity contribution in [3.8, 4) is 11.3 Å². The lowest BCUT2D eigenvalue weighted by atomic mass is 10.1. The maximum atomic E-state index is 13.6. The van der Waals surface area contributed by atoms with E-state index in [4.69, 9.17) is 5.73 Å². The molecule has 0 radical (unpaired) electrons. The van der Waals surface area contributed by atoms with Crippen molar-refractivity contribution in [3.05, 3.63) is 34.4 Å². The first-order chi connectivity index (χ1) is 7.50. The Kier molecular flexibility index (Phi) is 2.67. The van der Waals surface area contributed by atoms with Crippen molar-refractivity contribution in [2.75, 3.05) is 5.73 Å². The summed E-state index contributed by atoms with van der Waals surface area (Å²) >= 11 is 3.16. The Morgan fingerprint density at radius 1 is 1.38 bits per heavy atom. The fraction of sp³-hybridized carbons (Fsp3) is 0.100. The van der Waals surface area contributed by atoms with Crippen LogP contribution in [0.1, 0.15) is 0 Å². The minimum absolute atomic E-state index is 0.124. The van der Waals surface area contributed by atoms with Crippen LogP contribution in [0, 0.1) is 11.6 Å². The summed E-state index contributed by atoms with van der Waals surface area (Å²) in [6.07, 6.45) is 0. The van der Waals surface area contributed by atoms with E-state index < -0.39 is 11.6 Å². The van der Waals surface area contributed by atoms with Crippen LogP contribution in [0.2, 0.25) is 0 Å². The summed E-state index contributed by atoms with van der Waals surface area (Å²) in [6, 6.07) is 3.24. The van der Waals surface area contributed by atoms with Crippen LogP contribution in [0.4, 0.5) is 14.7 Å². The van der Waals surface area contributed by atoms with Crippen LogP contribution >= 0.6 is 15.9 Å². The molecule has 3 nitrogen and oxygen atoms in total. The van der Waals surface area contributed by atoms with Gasteiger partial charge in [0.1, 0.15) is 16.2 Å². The molecule has 2 rings (SSSR count). The van der Waals surface area contributed by atoms with E-state index in [0.717, 1.165) is 18.2 Å². The molecule has 0 saturated carbocycles. The second-order valence-electron chi connectivity index (χ2n) is 3.29. The molecule has 2 aromatic rings. The summed E-state index contributed by atoms with van der Waals surface area (Å²) in [7, 11) is 1.63. The van der Waals surface area contributed by atoms with Gasteiger partial charge in [0, 0.05) is 12.6 Å². The number of nitrogens with two attached hydrogens (primary N) is 1. The summed E-state index contributed by atoms with van der Waals surface area (Å²) in [4.78, 5) is 3.93. The third-order valence-corrected chi connectivity index (χ3v) is 2.82. The summed E-state index contributed by atoms with van der Waals surface area (Å²) in [5.74, 6) is -0.807. The molecule has 84 valence electrons. The van der Waals surface area contributed by atoms with Gasteiger partial charge in [-0.1, -0.05) is 0 Å². The second-order valence-corrected chi connectivity index (χ2v) is 4.04. The van der Waals surface area contributed by atoms with E-state index >= 15 is 0 Å². The van der Waals surface area contributed by atoms with E-state index in [1.165, 1.54) is 4.57 Å². The van der Waals surface area contributed by atoms with Gasteiger partial charge in [-0.15, -0.1) is 0 Å². The summed E-state index contributed by atoms with van der Waals surface area (Å²) in [6.45, 7) is 0. The van der Waals surface area contributed by atoms with Gasteiger partial charge in [0.15, 0.2) is 0 Å². The van der Waals surface area contributed by atoms with Crippen molar-refractivity contribution in [3.63, 3.8) is 0 Å². The third-order valence-electron chi connectivity index (χ3n) is 2.27. The number of nitrogen functional groups attached to an aromatic ring is 1. The van der Waals surface area contributed by atoms with Gasteiger partial charge in [-0.25, -0.2) is 13.8 Å². The molecule has 1 aromatic carbocycles. The molecule has 2 N–H and O–H groups in total. The Balaban J connectivity index is 2.71. The number of nitrogens with zero attached hydrogens (tertiary/aromatic N) is 2. The van der Waals surface area contributed by atoms with Crippen molar-refractivity contribution < 1.29 is 8.78 Å². The molecular formula is C10H8BrF2N3. The third kappa shape index (κ3) is 1.69. The quantitative estimate of drug-likeness (QED) is 0.876. The molecule has 6 heteroatoms. The zero-order valence-electron chi connectivity index (χ0n) is 8.34. The molecule has 0 amide bonds. The number of rotatable bonds is 1. The molecular weight excluding hydrogens is 280 g/mol. The molecule has 0 aliphatic carbocycles. The van der Waals surface area contributed by atoms with Crippen molar-refractivity contribution >= 4 is 21.9 Å². The van der Waals surface area contributed by atoms with E-state index in [-0.39, 0.29) is 11.5 Å². The topological polar surface area (TPSA) is 43.8 Å². The predicted molar refractivity (Wildman–Crippen MR) is 60.7 cm³/mol. The van der Waals surface area contributed by atoms with Gasteiger partial charge in [-0.05, 0) is 34.1 Å². The van der Waals surface area contributed by atoms with Crippen molar-refractivity contribution in [2.45, 2.75) is 0 Å². The van der Waals surface area contributed by atoms with Crippen molar-refractivity contribution in [1.29, 1.82) is 0 Å². The number of halogens is 3. The fourth-order valence-corrected chi connectivity index (χ4v) is 2.11. The number of aromatic nitrogens is 2. The molecule has 0 bridgehead atoms.